The number of sulfonamides is 1. The molecule has 0 radical (unpaired) electrons. The van der Waals surface area contributed by atoms with Gasteiger partial charge in [0, 0.05) is 16.9 Å². The lowest BCUT2D eigenvalue weighted by molar-refractivity contribution is 0.0473. The van der Waals surface area contributed by atoms with Crippen LogP contribution >= 0.6 is 0 Å². The summed E-state index contributed by atoms with van der Waals surface area (Å²) in [4.78, 5) is 39.4. The van der Waals surface area contributed by atoms with Crippen LogP contribution in [0.3, 0.4) is 0 Å². The van der Waals surface area contributed by atoms with Gasteiger partial charge in [0.25, 0.3) is 10.0 Å². The van der Waals surface area contributed by atoms with E-state index in [2.05, 4.69) is 9.71 Å². The van der Waals surface area contributed by atoms with E-state index in [0.29, 0.717) is 22.4 Å². The van der Waals surface area contributed by atoms with Gasteiger partial charge in [-0.05, 0) is 69.2 Å². The number of anilines is 1. The first-order valence-corrected chi connectivity index (χ1v) is 11.7. The van der Waals surface area contributed by atoms with E-state index in [-0.39, 0.29) is 27.6 Å². The third-order valence-corrected chi connectivity index (χ3v) is 6.72. The first kappa shape index (κ1) is 24.8. The van der Waals surface area contributed by atoms with Crippen LogP contribution < -0.4 is 4.72 Å². The second-order valence-electron chi connectivity index (χ2n) is 7.78. The van der Waals surface area contributed by atoms with E-state index in [4.69, 9.17) is 4.74 Å². The Balaban J connectivity index is 1.73. The molecule has 0 atom stereocenters. The third-order valence-electron chi connectivity index (χ3n) is 5.19. The molecule has 178 valence electrons. The number of rotatable bonds is 8. The maximum absolute atomic E-state index is 13.5. The van der Waals surface area contributed by atoms with Crippen LogP contribution in [-0.4, -0.2) is 37.5 Å². The number of Topliss-reactive ketones (excluding diaryl/α,β-unsaturated/α-hetero) is 2. The highest BCUT2D eigenvalue weighted by Gasteiger charge is 2.22. The van der Waals surface area contributed by atoms with Gasteiger partial charge < -0.3 is 9.72 Å². The Morgan fingerprint density at radius 3 is 2.41 bits per heavy atom. The van der Waals surface area contributed by atoms with E-state index in [0.717, 1.165) is 12.1 Å². The van der Waals surface area contributed by atoms with Crippen molar-refractivity contribution in [3.05, 3.63) is 81.9 Å². The lowest BCUT2D eigenvalue weighted by Gasteiger charge is -2.11. The molecule has 0 unspecified atom stereocenters. The fourth-order valence-corrected chi connectivity index (χ4v) is 4.93. The number of carbonyl (C=O) groups excluding carboxylic acids is 3. The number of esters is 1. The smallest absolute Gasteiger partial charge is 0.338 e. The van der Waals surface area contributed by atoms with Crippen LogP contribution in [0.25, 0.3) is 0 Å². The summed E-state index contributed by atoms with van der Waals surface area (Å²) in [6, 6.07) is 8.91. The highest BCUT2D eigenvalue weighted by Crippen LogP contribution is 2.22. The number of hydrogen-bond acceptors (Lipinski definition) is 6. The average molecular weight is 487 g/mol. The van der Waals surface area contributed by atoms with Crippen molar-refractivity contribution in [3.63, 3.8) is 0 Å². The van der Waals surface area contributed by atoms with Gasteiger partial charge in [-0.1, -0.05) is 12.1 Å². The number of aromatic amines is 1. The number of nitrogens with one attached hydrogen (secondary N) is 2. The fourth-order valence-electron chi connectivity index (χ4n) is 3.63. The molecule has 0 fully saturated rings. The number of ketones is 2. The van der Waals surface area contributed by atoms with Crippen LogP contribution in [0.15, 0.2) is 47.4 Å². The molecule has 2 aromatic carbocycles. The molecule has 8 nitrogen and oxygen atoms in total. The highest BCUT2D eigenvalue weighted by atomic mass is 32.2. The number of ether oxygens (including phenoxy) is 1. The predicted octanol–water partition coefficient (Wildman–Crippen LogP) is 4.12. The molecule has 34 heavy (non-hydrogen) atoms. The van der Waals surface area contributed by atoms with E-state index in [1.165, 1.54) is 44.2 Å². The van der Waals surface area contributed by atoms with Gasteiger partial charge >= 0.3 is 5.97 Å². The van der Waals surface area contributed by atoms with Crippen molar-refractivity contribution in [2.24, 2.45) is 0 Å². The second-order valence-corrected chi connectivity index (χ2v) is 9.43. The number of benzene rings is 2. The molecule has 10 heteroatoms. The van der Waals surface area contributed by atoms with Crippen LogP contribution in [0.4, 0.5) is 10.1 Å². The summed E-state index contributed by atoms with van der Waals surface area (Å²) in [6.07, 6.45) is 0. The SMILES string of the molecule is CC(=O)c1c(C)[nH]c(C(=O)COC(=O)c2cccc(NS(=O)(=O)c3cc(F)ccc3C)c2)c1C. The maximum atomic E-state index is 13.5. The van der Waals surface area contributed by atoms with E-state index in [9.17, 15) is 27.2 Å². The van der Waals surface area contributed by atoms with Crippen molar-refractivity contribution in [1.29, 1.82) is 0 Å². The first-order valence-electron chi connectivity index (χ1n) is 10.2. The molecule has 0 aliphatic heterocycles. The molecule has 1 heterocycles. The van der Waals surface area contributed by atoms with Gasteiger partial charge in [0.2, 0.25) is 5.78 Å². The Bertz CT molecular complexity index is 1410. The highest BCUT2D eigenvalue weighted by molar-refractivity contribution is 7.92. The summed E-state index contributed by atoms with van der Waals surface area (Å²) in [7, 11) is -4.11. The molecule has 0 saturated carbocycles. The normalized spacial score (nSPS) is 11.2. The molecule has 0 amide bonds. The molecule has 0 aliphatic rings. The van der Waals surface area contributed by atoms with E-state index >= 15 is 0 Å². The summed E-state index contributed by atoms with van der Waals surface area (Å²) >= 11 is 0. The number of H-pyrrole nitrogens is 1. The van der Waals surface area contributed by atoms with Crippen molar-refractivity contribution in [3.8, 4) is 0 Å². The Morgan fingerprint density at radius 1 is 1.06 bits per heavy atom. The summed E-state index contributed by atoms with van der Waals surface area (Å²) in [6.45, 7) is 5.66. The Hall–Kier alpha value is -3.79. The van der Waals surface area contributed by atoms with Gasteiger partial charge in [0.05, 0.1) is 16.2 Å². The molecule has 0 saturated heterocycles. The minimum absolute atomic E-state index is 0.00720. The molecule has 1 aromatic heterocycles. The molecule has 3 aromatic rings. The third kappa shape index (κ3) is 5.23. The van der Waals surface area contributed by atoms with Gasteiger partial charge in [-0.3, -0.25) is 14.3 Å². The molecule has 2 N–H and O–H groups in total. The van der Waals surface area contributed by atoms with Gasteiger partial charge in [0.1, 0.15) is 5.82 Å². The predicted molar refractivity (Wildman–Crippen MR) is 123 cm³/mol. The molecular formula is C24H23FN2O6S. The zero-order valence-electron chi connectivity index (χ0n) is 19.0. The lowest BCUT2D eigenvalue weighted by Crippen LogP contribution is -2.17. The molecular weight excluding hydrogens is 463 g/mol. The Morgan fingerprint density at radius 2 is 1.76 bits per heavy atom. The zero-order chi connectivity index (χ0) is 25.2. The molecule has 0 aliphatic carbocycles. The van der Waals surface area contributed by atoms with Crippen LogP contribution in [0.1, 0.15) is 54.9 Å². The monoisotopic (exact) mass is 486 g/mol. The van der Waals surface area contributed by atoms with Gasteiger partial charge in [0.15, 0.2) is 12.4 Å². The number of halogens is 1. The van der Waals surface area contributed by atoms with E-state index < -0.39 is 34.2 Å². The van der Waals surface area contributed by atoms with E-state index in [1.807, 2.05) is 0 Å². The van der Waals surface area contributed by atoms with Gasteiger partial charge in [-0.15, -0.1) is 0 Å². The maximum Gasteiger partial charge on any atom is 0.338 e. The summed E-state index contributed by atoms with van der Waals surface area (Å²) < 4.78 is 46.3. The van der Waals surface area contributed by atoms with Crippen LogP contribution in [0.5, 0.6) is 0 Å². The number of aromatic nitrogens is 1. The fraction of sp³-hybridized carbons (Fsp3) is 0.208. The topological polar surface area (TPSA) is 122 Å². The minimum Gasteiger partial charge on any atom is -0.454 e. The Kier molecular flexibility index (Phi) is 7.01. The van der Waals surface area contributed by atoms with Crippen LogP contribution in [0.2, 0.25) is 0 Å². The largest absolute Gasteiger partial charge is 0.454 e. The second kappa shape index (κ2) is 9.60. The van der Waals surface area contributed by atoms with Crippen LogP contribution in [0, 0.1) is 26.6 Å². The van der Waals surface area contributed by atoms with Crippen molar-refractivity contribution < 1.29 is 31.9 Å². The molecule has 0 spiro atoms. The van der Waals surface area contributed by atoms with Crippen LogP contribution in [-0.2, 0) is 14.8 Å². The van der Waals surface area contributed by atoms with E-state index in [1.54, 1.807) is 13.8 Å². The van der Waals surface area contributed by atoms with Crippen molar-refractivity contribution >= 4 is 33.2 Å². The zero-order valence-corrected chi connectivity index (χ0v) is 19.8. The number of carbonyl (C=O) groups is 3. The van der Waals surface area contributed by atoms with Gasteiger partial charge in [-0.25, -0.2) is 17.6 Å². The number of aryl methyl sites for hydroxylation is 2. The van der Waals surface area contributed by atoms with Gasteiger partial charge in [-0.2, -0.15) is 0 Å². The summed E-state index contributed by atoms with van der Waals surface area (Å²) in [5.41, 5.74) is 2.05. The first-order chi connectivity index (χ1) is 15.9. The number of hydrogen-bond donors (Lipinski definition) is 2. The summed E-state index contributed by atoms with van der Waals surface area (Å²) in [5.74, 6) is -2.24. The standard InChI is InChI=1S/C24H23FN2O6S/c1-13-8-9-18(25)11-21(13)34(31,32)27-19-7-5-6-17(10-19)24(30)33-12-20(29)23-14(2)22(16(4)28)15(3)26-23/h5-11,26-27H,12H2,1-4H3. The van der Waals surface area contributed by atoms with Crippen molar-refractivity contribution in [1.82, 2.24) is 4.98 Å². The van der Waals surface area contributed by atoms with Crippen molar-refractivity contribution in [2.75, 3.05) is 11.3 Å². The quantitative estimate of drug-likeness (QED) is 0.365. The van der Waals surface area contributed by atoms with Crippen molar-refractivity contribution in [2.45, 2.75) is 32.6 Å². The Labute approximate surface area is 196 Å². The molecule has 3 rings (SSSR count). The minimum atomic E-state index is -4.11. The lowest BCUT2D eigenvalue weighted by atomic mass is 10.1. The summed E-state index contributed by atoms with van der Waals surface area (Å²) in [5, 5.41) is 0. The molecule has 0 bridgehead atoms. The average Bonchev–Trinajstić information content (AvgIpc) is 3.07.